The van der Waals surface area contributed by atoms with Crippen LogP contribution in [0.1, 0.15) is 13.3 Å². The van der Waals surface area contributed by atoms with Crippen molar-refractivity contribution in [2.24, 2.45) is 0 Å². The Balaban J connectivity index is 0. The molecule has 0 fully saturated rings. The largest absolute Gasteiger partial charge is 0.499 e. The molecule has 0 saturated heterocycles. The molecule has 0 atom stereocenters. The normalized spacial score (nSPS) is 7.80. The summed E-state index contributed by atoms with van der Waals surface area (Å²) in [6.07, 6.45) is -0.143. The summed E-state index contributed by atoms with van der Waals surface area (Å²) in [6.45, 7) is 4.71. The van der Waals surface area contributed by atoms with Gasteiger partial charge in [0.25, 0.3) is 0 Å². The second-order valence-electron chi connectivity index (χ2n) is 1.60. The van der Waals surface area contributed by atoms with Crippen LogP contribution < -0.4 is 0 Å². The zero-order valence-electron chi connectivity index (χ0n) is 5.85. The molecule has 0 radical (unpaired) electrons. The van der Waals surface area contributed by atoms with Crippen molar-refractivity contribution in [3.8, 4) is 0 Å². The van der Waals surface area contributed by atoms with E-state index in [1.54, 1.807) is 0 Å². The predicted octanol–water partition coefficient (Wildman–Crippen LogP) is 0.340. The van der Waals surface area contributed by atoms with E-state index in [4.69, 9.17) is 0 Å². The second kappa shape index (κ2) is 6.97. The third-order valence-corrected chi connectivity index (χ3v) is 0.656. The van der Waals surface area contributed by atoms with Crippen molar-refractivity contribution in [1.82, 2.24) is 0 Å². The van der Waals surface area contributed by atoms with E-state index in [1.807, 2.05) is 0 Å². The van der Waals surface area contributed by atoms with Gasteiger partial charge in [-0.25, -0.2) is 0 Å². The minimum absolute atomic E-state index is 0. The Bertz CT molecular complexity index is 122. The van der Waals surface area contributed by atoms with Gasteiger partial charge in [-0.15, -0.1) is 0 Å². The molecule has 10 heavy (non-hydrogen) atoms. The van der Waals surface area contributed by atoms with Gasteiger partial charge >= 0.3 is 5.97 Å². The quantitative estimate of drug-likeness (QED) is 0.270. The molecule has 0 aliphatic heterocycles. The number of carbonyl (C=O) groups excluding carboxylic acids is 2. The molecule has 3 nitrogen and oxygen atoms in total. The minimum atomic E-state index is -0.502. The number of hydrogen-bond acceptors (Lipinski definition) is 3. The molecule has 0 amide bonds. The molecule has 4 heteroatoms. The zero-order chi connectivity index (χ0) is 7.28. The average Bonchev–Trinajstić information content (AvgIpc) is 1.63. The molecule has 0 unspecified atom stereocenters. The summed E-state index contributed by atoms with van der Waals surface area (Å²) in [7, 11) is 0. The Labute approximate surface area is 75.0 Å². The Morgan fingerprint density at radius 3 is 2.30 bits per heavy atom. The number of Topliss-reactive ketones (excluding diaryl/α,β-unsaturated/α-hetero) is 1. The van der Waals surface area contributed by atoms with Gasteiger partial charge in [0.15, 0.2) is 0 Å². The van der Waals surface area contributed by atoms with Gasteiger partial charge in [-0.05, 0) is 13.5 Å². The average molecular weight is 177 g/mol. The topological polar surface area (TPSA) is 43.4 Å². The van der Waals surface area contributed by atoms with E-state index in [-0.39, 0.29) is 40.5 Å². The zero-order valence-corrected chi connectivity index (χ0v) is 7.41. The fraction of sp³-hybridized carbons (Fsp3) is 0.500. The van der Waals surface area contributed by atoms with E-state index in [2.05, 4.69) is 11.7 Å². The van der Waals surface area contributed by atoms with Gasteiger partial charge in [0, 0.05) is 21.7 Å². The summed E-state index contributed by atoms with van der Waals surface area (Å²) in [5, 5.41) is 0. The number of hydrogen-bond donors (Lipinski definition) is 0. The molecule has 0 N–H and O–H groups in total. The Morgan fingerprint density at radius 1 is 1.50 bits per heavy atom. The smallest absolute Gasteiger partial charge is 0.310 e. The molecule has 0 aromatic carbocycles. The first-order chi connectivity index (χ1) is 4.16. The summed E-state index contributed by atoms with van der Waals surface area (Å²) in [5.41, 5.74) is 0. The van der Waals surface area contributed by atoms with E-state index in [9.17, 15) is 9.59 Å². The van der Waals surface area contributed by atoms with E-state index in [1.165, 1.54) is 6.92 Å². The number of ether oxygens (including phenoxy) is 1. The maximum atomic E-state index is 10.4. The van der Waals surface area contributed by atoms with Crippen molar-refractivity contribution < 1.29 is 36.0 Å². The SMILES string of the molecule is [CH2-]COC(=O)CC(C)=O.[Ti]. The van der Waals surface area contributed by atoms with Crippen LogP contribution in [0, 0.1) is 6.92 Å². The van der Waals surface area contributed by atoms with Crippen LogP contribution in [0.15, 0.2) is 0 Å². The molecule has 0 aliphatic carbocycles. The van der Waals surface area contributed by atoms with Crippen LogP contribution in [0.5, 0.6) is 0 Å². The van der Waals surface area contributed by atoms with E-state index < -0.39 is 5.97 Å². The predicted molar refractivity (Wildman–Crippen MR) is 31.6 cm³/mol. The first kappa shape index (κ1) is 12.5. The molecule has 0 aliphatic rings. The van der Waals surface area contributed by atoms with Crippen LogP contribution in [0.4, 0.5) is 0 Å². The second-order valence-corrected chi connectivity index (χ2v) is 1.60. The summed E-state index contributed by atoms with van der Waals surface area (Å²) in [4.78, 5) is 20.6. The minimum Gasteiger partial charge on any atom is -0.499 e. The van der Waals surface area contributed by atoms with Crippen LogP contribution in [0.2, 0.25) is 0 Å². The van der Waals surface area contributed by atoms with Crippen molar-refractivity contribution in [1.29, 1.82) is 0 Å². The van der Waals surface area contributed by atoms with E-state index in [0.717, 1.165) is 0 Å². The molecular weight excluding hydrogens is 168 g/mol. The molecule has 0 aromatic rings. The summed E-state index contributed by atoms with van der Waals surface area (Å²) < 4.78 is 4.38. The fourth-order valence-corrected chi connectivity index (χ4v) is 0.368. The van der Waals surface area contributed by atoms with Crippen molar-refractivity contribution in [3.05, 3.63) is 6.92 Å². The molecule has 0 heterocycles. The van der Waals surface area contributed by atoms with E-state index >= 15 is 0 Å². The monoisotopic (exact) mass is 177 g/mol. The number of carbonyl (C=O) groups is 2. The maximum Gasteiger partial charge on any atom is 0.310 e. The maximum absolute atomic E-state index is 10.4. The summed E-state index contributed by atoms with van der Waals surface area (Å²) >= 11 is 0. The number of esters is 1. The van der Waals surface area contributed by atoms with Crippen LogP contribution in [0.25, 0.3) is 0 Å². The number of ketones is 1. The third kappa shape index (κ3) is 7.85. The summed E-state index contributed by atoms with van der Waals surface area (Å²) in [5.74, 6) is -0.689. The molecule has 0 rings (SSSR count). The Morgan fingerprint density at radius 2 is 2.00 bits per heavy atom. The standard InChI is InChI=1S/C6H9O3.Ti/c1-3-9-6(8)4-5(2)7;/h1,3-4H2,2H3;/q-1;. The van der Waals surface area contributed by atoms with Crippen molar-refractivity contribution in [3.63, 3.8) is 0 Å². The van der Waals surface area contributed by atoms with Crippen LogP contribution in [0.3, 0.4) is 0 Å². The van der Waals surface area contributed by atoms with Gasteiger partial charge in [-0.1, -0.05) is 0 Å². The van der Waals surface area contributed by atoms with Gasteiger partial charge in [-0.3, -0.25) is 9.59 Å². The van der Waals surface area contributed by atoms with Gasteiger partial charge in [0.05, 0.1) is 0 Å². The molecule has 0 aromatic heterocycles. The van der Waals surface area contributed by atoms with Crippen molar-refractivity contribution in [2.45, 2.75) is 13.3 Å². The van der Waals surface area contributed by atoms with Crippen molar-refractivity contribution >= 4 is 11.8 Å². The Kier molecular flexibility index (Phi) is 8.73. The molecular formula is C6H9O3Ti-. The van der Waals surface area contributed by atoms with E-state index in [0.29, 0.717) is 0 Å². The fourth-order valence-electron chi connectivity index (χ4n) is 0.368. The molecule has 0 bridgehead atoms. The molecule has 0 saturated carbocycles. The van der Waals surface area contributed by atoms with Gasteiger partial charge in [-0.2, -0.15) is 0 Å². The van der Waals surface area contributed by atoms with Gasteiger partial charge < -0.3 is 11.7 Å². The van der Waals surface area contributed by atoms with Gasteiger partial charge in [0.2, 0.25) is 0 Å². The van der Waals surface area contributed by atoms with Crippen molar-refractivity contribution in [2.75, 3.05) is 6.61 Å². The van der Waals surface area contributed by atoms with Crippen LogP contribution >= 0.6 is 0 Å². The molecule has 56 valence electrons. The Hall–Kier alpha value is -0.146. The first-order valence-corrected chi connectivity index (χ1v) is 2.61. The summed E-state index contributed by atoms with van der Waals surface area (Å²) in [6, 6.07) is 0. The van der Waals surface area contributed by atoms with Crippen LogP contribution in [-0.4, -0.2) is 18.4 Å². The third-order valence-electron chi connectivity index (χ3n) is 0.656. The van der Waals surface area contributed by atoms with Gasteiger partial charge in [0.1, 0.15) is 12.2 Å². The first-order valence-electron chi connectivity index (χ1n) is 2.61. The van der Waals surface area contributed by atoms with Crippen LogP contribution in [-0.2, 0) is 36.0 Å². The molecule has 0 spiro atoms. The number of rotatable bonds is 3.